The second-order valence-corrected chi connectivity index (χ2v) is 3.36. The minimum absolute atomic E-state index is 0.0729. The molecule has 0 saturated carbocycles. The fourth-order valence-electron chi connectivity index (χ4n) is 1.33. The summed E-state index contributed by atoms with van der Waals surface area (Å²) >= 11 is 0. The van der Waals surface area contributed by atoms with E-state index in [0.717, 1.165) is 0 Å². The van der Waals surface area contributed by atoms with E-state index in [1.165, 1.54) is 6.07 Å². The minimum Gasteiger partial charge on any atom is -0.475 e. The summed E-state index contributed by atoms with van der Waals surface area (Å²) in [5, 5.41) is 8.37. The number of nitrogens with zero attached hydrogens (tertiary/aromatic N) is 1. The van der Waals surface area contributed by atoms with Crippen LogP contribution in [0.4, 0.5) is 4.39 Å². The number of para-hydroxylation sites is 1. The monoisotopic (exact) mass is 208 g/mol. The van der Waals surface area contributed by atoms with Gasteiger partial charge in [-0.25, -0.2) is 4.39 Å². The first-order chi connectivity index (χ1) is 7.15. The van der Waals surface area contributed by atoms with Gasteiger partial charge in [0.1, 0.15) is 6.07 Å². The Bertz CT molecular complexity index is 371. The standard InChI is InChI=1S/C11H13FN2O/c1-8(14)7-9-3-2-4-10(12)11(9)15-6-5-13/h2-4,8H,6-7,14H2,1H3. The SMILES string of the molecule is CC(N)Cc1cccc(F)c1OCC#N. The molecule has 0 radical (unpaired) electrons. The van der Waals surface area contributed by atoms with E-state index < -0.39 is 5.82 Å². The number of halogens is 1. The van der Waals surface area contributed by atoms with E-state index in [2.05, 4.69) is 0 Å². The zero-order chi connectivity index (χ0) is 11.3. The number of ether oxygens (including phenoxy) is 1. The van der Waals surface area contributed by atoms with Gasteiger partial charge in [-0.2, -0.15) is 5.26 Å². The zero-order valence-corrected chi connectivity index (χ0v) is 8.53. The van der Waals surface area contributed by atoms with E-state index in [1.54, 1.807) is 18.2 Å². The molecule has 0 aliphatic rings. The van der Waals surface area contributed by atoms with Gasteiger partial charge in [-0.15, -0.1) is 0 Å². The molecular weight excluding hydrogens is 195 g/mol. The summed E-state index contributed by atoms with van der Waals surface area (Å²) < 4.78 is 18.4. The second kappa shape index (κ2) is 5.32. The number of hydrogen-bond donors (Lipinski definition) is 1. The topological polar surface area (TPSA) is 59.0 Å². The van der Waals surface area contributed by atoms with E-state index in [-0.39, 0.29) is 18.4 Å². The molecule has 2 N–H and O–H groups in total. The lowest BCUT2D eigenvalue weighted by Crippen LogP contribution is -2.18. The average Bonchev–Trinajstić information content (AvgIpc) is 2.16. The maximum absolute atomic E-state index is 13.3. The number of rotatable bonds is 4. The molecule has 0 heterocycles. The fourth-order valence-corrected chi connectivity index (χ4v) is 1.33. The predicted octanol–water partition coefficient (Wildman–Crippen LogP) is 1.62. The van der Waals surface area contributed by atoms with Crippen molar-refractivity contribution in [2.45, 2.75) is 19.4 Å². The molecule has 0 amide bonds. The molecule has 1 aromatic rings. The quantitative estimate of drug-likeness (QED) is 0.817. The molecule has 0 aliphatic carbocycles. The number of hydrogen-bond acceptors (Lipinski definition) is 3. The minimum atomic E-state index is -0.455. The largest absolute Gasteiger partial charge is 0.475 e. The Morgan fingerprint density at radius 3 is 2.93 bits per heavy atom. The molecule has 4 heteroatoms. The van der Waals surface area contributed by atoms with Crippen LogP contribution >= 0.6 is 0 Å². The second-order valence-electron chi connectivity index (χ2n) is 3.36. The summed E-state index contributed by atoms with van der Waals surface area (Å²) in [6, 6.07) is 6.39. The third kappa shape index (κ3) is 3.22. The Kier molecular flexibility index (Phi) is 4.07. The van der Waals surface area contributed by atoms with Gasteiger partial charge < -0.3 is 10.5 Å². The van der Waals surface area contributed by atoms with Crippen molar-refractivity contribution in [2.24, 2.45) is 5.73 Å². The Hall–Kier alpha value is -1.60. The highest BCUT2D eigenvalue weighted by molar-refractivity contribution is 5.35. The fraction of sp³-hybridized carbons (Fsp3) is 0.364. The summed E-state index contributed by atoms with van der Waals surface area (Å²) in [5.74, 6) is -0.320. The van der Waals surface area contributed by atoms with Gasteiger partial charge in [0.15, 0.2) is 18.2 Å². The Morgan fingerprint density at radius 2 is 2.33 bits per heavy atom. The Morgan fingerprint density at radius 1 is 1.60 bits per heavy atom. The summed E-state index contributed by atoms with van der Waals surface area (Å²) in [7, 11) is 0. The van der Waals surface area contributed by atoms with Crippen molar-refractivity contribution in [3.8, 4) is 11.8 Å². The van der Waals surface area contributed by atoms with Crippen molar-refractivity contribution in [3.05, 3.63) is 29.6 Å². The van der Waals surface area contributed by atoms with Gasteiger partial charge in [0, 0.05) is 6.04 Å². The summed E-state index contributed by atoms with van der Waals surface area (Å²) in [5.41, 5.74) is 6.32. The zero-order valence-electron chi connectivity index (χ0n) is 8.53. The van der Waals surface area contributed by atoms with E-state index in [9.17, 15) is 4.39 Å². The maximum atomic E-state index is 13.3. The highest BCUT2D eigenvalue weighted by Crippen LogP contribution is 2.23. The first-order valence-corrected chi connectivity index (χ1v) is 4.68. The van der Waals surface area contributed by atoms with Crippen LogP contribution in [-0.2, 0) is 6.42 Å². The van der Waals surface area contributed by atoms with E-state index in [1.807, 2.05) is 6.92 Å². The molecule has 0 aliphatic heterocycles. The molecule has 0 aromatic heterocycles. The van der Waals surface area contributed by atoms with Gasteiger partial charge in [0.05, 0.1) is 0 Å². The summed E-state index contributed by atoms with van der Waals surface area (Å²) in [6.45, 7) is 1.67. The molecular formula is C11H13FN2O. The molecule has 0 spiro atoms. The highest BCUT2D eigenvalue weighted by Gasteiger charge is 2.10. The van der Waals surface area contributed by atoms with Gasteiger partial charge in [-0.05, 0) is 25.0 Å². The van der Waals surface area contributed by atoms with Crippen molar-refractivity contribution in [2.75, 3.05) is 6.61 Å². The summed E-state index contributed by atoms with van der Waals surface area (Å²) in [6.07, 6.45) is 0.526. The third-order valence-corrected chi connectivity index (χ3v) is 1.87. The third-order valence-electron chi connectivity index (χ3n) is 1.87. The average molecular weight is 208 g/mol. The highest BCUT2D eigenvalue weighted by atomic mass is 19.1. The van der Waals surface area contributed by atoms with Crippen LogP contribution < -0.4 is 10.5 Å². The van der Waals surface area contributed by atoms with Crippen molar-refractivity contribution in [1.82, 2.24) is 0 Å². The van der Waals surface area contributed by atoms with E-state index in [4.69, 9.17) is 15.7 Å². The molecule has 80 valence electrons. The molecule has 0 bridgehead atoms. The van der Waals surface area contributed by atoms with Crippen LogP contribution in [0.3, 0.4) is 0 Å². The normalized spacial score (nSPS) is 11.9. The van der Waals surface area contributed by atoms with E-state index in [0.29, 0.717) is 12.0 Å². The Balaban J connectivity index is 2.93. The van der Waals surface area contributed by atoms with Crippen LogP contribution in [-0.4, -0.2) is 12.6 Å². The van der Waals surface area contributed by atoms with Crippen LogP contribution in [0.5, 0.6) is 5.75 Å². The summed E-state index contributed by atoms with van der Waals surface area (Å²) in [4.78, 5) is 0. The Labute approximate surface area is 88.3 Å². The van der Waals surface area contributed by atoms with Gasteiger partial charge in [-0.1, -0.05) is 12.1 Å². The van der Waals surface area contributed by atoms with Crippen LogP contribution in [0.15, 0.2) is 18.2 Å². The van der Waals surface area contributed by atoms with Crippen LogP contribution in [0.1, 0.15) is 12.5 Å². The van der Waals surface area contributed by atoms with Crippen molar-refractivity contribution < 1.29 is 9.13 Å². The number of nitrogens with two attached hydrogens (primary N) is 1. The molecule has 1 aromatic carbocycles. The van der Waals surface area contributed by atoms with E-state index >= 15 is 0 Å². The molecule has 1 atom stereocenters. The van der Waals surface area contributed by atoms with Gasteiger partial charge in [0.2, 0.25) is 0 Å². The smallest absolute Gasteiger partial charge is 0.174 e. The van der Waals surface area contributed by atoms with Crippen LogP contribution in [0.2, 0.25) is 0 Å². The van der Waals surface area contributed by atoms with Crippen LogP contribution in [0.25, 0.3) is 0 Å². The number of nitriles is 1. The molecule has 0 saturated heterocycles. The van der Waals surface area contributed by atoms with Gasteiger partial charge in [0.25, 0.3) is 0 Å². The number of benzene rings is 1. The molecule has 1 rings (SSSR count). The lowest BCUT2D eigenvalue weighted by molar-refractivity contribution is 0.341. The molecule has 0 fully saturated rings. The van der Waals surface area contributed by atoms with Crippen molar-refractivity contribution >= 4 is 0 Å². The molecule has 15 heavy (non-hydrogen) atoms. The maximum Gasteiger partial charge on any atom is 0.174 e. The first-order valence-electron chi connectivity index (χ1n) is 4.68. The van der Waals surface area contributed by atoms with Gasteiger partial charge >= 0.3 is 0 Å². The molecule has 1 unspecified atom stereocenters. The van der Waals surface area contributed by atoms with Crippen molar-refractivity contribution in [3.63, 3.8) is 0 Å². The molecule has 3 nitrogen and oxygen atoms in total. The van der Waals surface area contributed by atoms with Crippen molar-refractivity contribution in [1.29, 1.82) is 5.26 Å². The lowest BCUT2D eigenvalue weighted by atomic mass is 10.1. The predicted molar refractivity (Wildman–Crippen MR) is 54.9 cm³/mol. The first kappa shape index (κ1) is 11.5. The lowest BCUT2D eigenvalue weighted by Gasteiger charge is -2.11. The van der Waals surface area contributed by atoms with Gasteiger partial charge in [-0.3, -0.25) is 0 Å². The van der Waals surface area contributed by atoms with Crippen LogP contribution in [0, 0.1) is 17.1 Å².